The van der Waals surface area contributed by atoms with Crippen LogP contribution in [0.2, 0.25) is 5.02 Å². The predicted octanol–water partition coefficient (Wildman–Crippen LogP) is 1.79. The molecule has 1 aromatic rings. The van der Waals surface area contributed by atoms with Crippen LogP contribution in [0.5, 0.6) is 5.75 Å². The Morgan fingerprint density at radius 3 is 2.71 bits per heavy atom. The minimum atomic E-state index is -4.29. The fourth-order valence-corrected chi connectivity index (χ4v) is 0.804. The van der Waals surface area contributed by atoms with Crippen LogP contribution in [-0.4, -0.2) is 22.2 Å². The molecular weight excluding hydrogens is 220 g/mol. The summed E-state index contributed by atoms with van der Waals surface area (Å²) in [6.45, 7) is 0. The van der Waals surface area contributed by atoms with E-state index in [1.54, 1.807) is 0 Å². The molecule has 0 spiro atoms. The summed E-state index contributed by atoms with van der Waals surface area (Å²) >= 11 is 5.42. The van der Waals surface area contributed by atoms with Crippen molar-refractivity contribution in [2.24, 2.45) is 0 Å². The molecular formula is C7H4ClF2NO3. The van der Waals surface area contributed by atoms with Crippen molar-refractivity contribution in [2.75, 3.05) is 0 Å². The number of rotatable bonds is 3. The van der Waals surface area contributed by atoms with E-state index in [4.69, 9.17) is 16.7 Å². The fraction of sp³-hybridized carbons (Fsp3) is 0.143. The Morgan fingerprint density at radius 1 is 1.57 bits per heavy atom. The largest absolute Gasteiger partial charge is 0.501 e. The van der Waals surface area contributed by atoms with Crippen molar-refractivity contribution in [3.8, 4) is 5.75 Å². The number of hydrogen-bond donors (Lipinski definition) is 1. The van der Waals surface area contributed by atoms with Gasteiger partial charge in [-0.1, -0.05) is 11.6 Å². The number of hydrogen-bond acceptors (Lipinski definition) is 3. The van der Waals surface area contributed by atoms with E-state index in [2.05, 4.69) is 9.72 Å². The van der Waals surface area contributed by atoms with Gasteiger partial charge < -0.3 is 9.84 Å². The van der Waals surface area contributed by atoms with E-state index in [0.717, 1.165) is 12.3 Å². The zero-order chi connectivity index (χ0) is 10.8. The van der Waals surface area contributed by atoms with Gasteiger partial charge in [-0.15, -0.1) is 0 Å². The van der Waals surface area contributed by atoms with Crippen LogP contribution >= 0.6 is 11.6 Å². The molecule has 1 heterocycles. The molecule has 76 valence electrons. The molecule has 0 saturated heterocycles. The smallest absolute Gasteiger partial charge is 0.474 e. The van der Waals surface area contributed by atoms with Crippen molar-refractivity contribution in [2.45, 2.75) is 6.11 Å². The average molecular weight is 224 g/mol. The van der Waals surface area contributed by atoms with Gasteiger partial charge in [-0.2, -0.15) is 8.78 Å². The van der Waals surface area contributed by atoms with Crippen molar-refractivity contribution >= 4 is 17.6 Å². The summed E-state index contributed by atoms with van der Waals surface area (Å²) in [4.78, 5) is 13.4. The summed E-state index contributed by atoms with van der Waals surface area (Å²) in [6, 6.07) is 1.03. The molecule has 0 atom stereocenters. The van der Waals surface area contributed by atoms with Crippen LogP contribution in [0.25, 0.3) is 0 Å². The summed E-state index contributed by atoms with van der Waals surface area (Å²) in [5.41, 5.74) is 0. The van der Waals surface area contributed by atoms with Crippen LogP contribution in [0.15, 0.2) is 18.5 Å². The highest BCUT2D eigenvalue weighted by molar-refractivity contribution is 6.30. The van der Waals surface area contributed by atoms with E-state index < -0.39 is 17.8 Å². The van der Waals surface area contributed by atoms with Gasteiger partial charge in [0.05, 0.1) is 11.2 Å². The Balaban J connectivity index is 2.83. The zero-order valence-electron chi connectivity index (χ0n) is 6.58. The van der Waals surface area contributed by atoms with E-state index in [9.17, 15) is 13.6 Å². The highest BCUT2D eigenvalue weighted by Crippen LogP contribution is 2.23. The highest BCUT2D eigenvalue weighted by atomic mass is 35.5. The predicted molar refractivity (Wildman–Crippen MR) is 42.5 cm³/mol. The molecule has 0 unspecified atom stereocenters. The van der Waals surface area contributed by atoms with Gasteiger partial charge in [-0.3, -0.25) is 4.98 Å². The van der Waals surface area contributed by atoms with Crippen molar-refractivity contribution in [3.05, 3.63) is 23.5 Å². The van der Waals surface area contributed by atoms with Gasteiger partial charge in [0, 0.05) is 12.3 Å². The number of ether oxygens (including phenoxy) is 1. The molecule has 7 heteroatoms. The Morgan fingerprint density at radius 2 is 2.21 bits per heavy atom. The summed E-state index contributed by atoms with van der Waals surface area (Å²) < 4.78 is 28.8. The van der Waals surface area contributed by atoms with Gasteiger partial charge in [-0.25, -0.2) is 4.79 Å². The van der Waals surface area contributed by atoms with E-state index in [0.29, 0.717) is 0 Å². The van der Waals surface area contributed by atoms with Gasteiger partial charge in [0.15, 0.2) is 0 Å². The fourth-order valence-electron chi connectivity index (χ4n) is 0.640. The normalized spacial score (nSPS) is 11.1. The Labute approximate surface area is 82.1 Å². The average Bonchev–Trinajstić information content (AvgIpc) is 2.02. The van der Waals surface area contributed by atoms with E-state index in [1.165, 1.54) is 6.20 Å². The maximum atomic E-state index is 12.5. The van der Waals surface area contributed by atoms with Crippen molar-refractivity contribution < 1.29 is 23.4 Å². The first-order valence-corrected chi connectivity index (χ1v) is 3.70. The maximum absolute atomic E-state index is 12.5. The number of aliphatic carboxylic acids is 1. The van der Waals surface area contributed by atoms with Gasteiger partial charge >= 0.3 is 12.1 Å². The monoisotopic (exact) mass is 223 g/mol. The molecule has 1 N–H and O–H groups in total. The highest BCUT2D eigenvalue weighted by Gasteiger charge is 2.42. The third kappa shape index (κ3) is 2.53. The summed E-state index contributed by atoms with van der Waals surface area (Å²) in [5, 5.41) is 8.12. The van der Waals surface area contributed by atoms with Gasteiger partial charge in [0.25, 0.3) is 0 Å². The van der Waals surface area contributed by atoms with E-state index in [1.807, 2.05) is 0 Å². The van der Waals surface area contributed by atoms with E-state index in [-0.39, 0.29) is 5.02 Å². The number of halogens is 3. The van der Waals surface area contributed by atoms with Crippen molar-refractivity contribution in [3.63, 3.8) is 0 Å². The second kappa shape index (κ2) is 3.75. The SMILES string of the molecule is O=C(O)C(F)(F)Oc1cncc(Cl)c1. The molecule has 0 amide bonds. The molecule has 0 aliphatic rings. The Hall–Kier alpha value is -1.43. The van der Waals surface area contributed by atoms with Crippen LogP contribution in [0.4, 0.5) is 8.78 Å². The van der Waals surface area contributed by atoms with Gasteiger partial charge in [-0.05, 0) is 0 Å². The number of carboxylic acids is 1. The minimum absolute atomic E-state index is 0.0729. The first kappa shape index (κ1) is 10.6. The molecule has 4 nitrogen and oxygen atoms in total. The molecule has 0 aromatic carbocycles. The second-order valence-corrected chi connectivity index (χ2v) is 2.70. The summed E-state index contributed by atoms with van der Waals surface area (Å²) in [5.74, 6) is -2.79. The molecule has 1 rings (SSSR count). The summed E-state index contributed by atoms with van der Waals surface area (Å²) in [7, 11) is 0. The minimum Gasteiger partial charge on any atom is -0.474 e. The number of nitrogens with zero attached hydrogens (tertiary/aromatic N) is 1. The molecule has 14 heavy (non-hydrogen) atoms. The second-order valence-electron chi connectivity index (χ2n) is 2.26. The molecule has 1 aromatic heterocycles. The summed E-state index contributed by atoms with van der Waals surface area (Å²) in [6.07, 6.45) is -2.15. The Kier molecular flexibility index (Phi) is 2.85. The number of aromatic nitrogens is 1. The lowest BCUT2D eigenvalue weighted by Gasteiger charge is -2.12. The molecule has 0 aliphatic heterocycles. The van der Waals surface area contributed by atoms with Crippen LogP contribution in [0.3, 0.4) is 0 Å². The number of alkyl halides is 2. The standard InChI is InChI=1S/C7H4ClF2NO3/c8-4-1-5(3-11-2-4)14-7(9,10)6(12)13/h1-3H,(H,12,13). The van der Waals surface area contributed by atoms with Crippen LogP contribution < -0.4 is 4.74 Å². The number of pyridine rings is 1. The van der Waals surface area contributed by atoms with Gasteiger partial charge in [0.2, 0.25) is 0 Å². The third-order valence-electron chi connectivity index (χ3n) is 1.17. The number of carbonyl (C=O) groups is 1. The lowest BCUT2D eigenvalue weighted by molar-refractivity contribution is -0.210. The topological polar surface area (TPSA) is 59.4 Å². The Bertz CT molecular complexity index is 359. The van der Waals surface area contributed by atoms with Crippen molar-refractivity contribution in [1.82, 2.24) is 4.98 Å². The molecule has 0 bridgehead atoms. The van der Waals surface area contributed by atoms with Crippen LogP contribution in [-0.2, 0) is 4.79 Å². The first-order chi connectivity index (χ1) is 6.42. The van der Waals surface area contributed by atoms with Gasteiger partial charge in [0.1, 0.15) is 5.75 Å². The number of carboxylic acid groups (broad SMARTS) is 1. The van der Waals surface area contributed by atoms with Crippen LogP contribution in [0.1, 0.15) is 0 Å². The molecule has 0 fully saturated rings. The lowest BCUT2D eigenvalue weighted by Crippen LogP contribution is -2.34. The first-order valence-electron chi connectivity index (χ1n) is 3.32. The van der Waals surface area contributed by atoms with Crippen LogP contribution in [0, 0.1) is 0 Å². The molecule has 0 radical (unpaired) electrons. The van der Waals surface area contributed by atoms with E-state index >= 15 is 0 Å². The quantitative estimate of drug-likeness (QED) is 0.849. The van der Waals surface area contributed by atoms with Crippen molar-refractivity contribution in [1.29, 1.82) is 0 Å². The maximum Gasteiger partial charge on any atom is 0.501 e. The zero-order valence-corrected chi connectivity index (χ0v) is 7.33. The third-order valence-corrected chi connectivity index (χ3v) is 1.38. The lowest BCUT2D eigenvalue weighted by atomic mass is 10.4. The molecule has 0 aliphatic carbocycles. The molecule has 0 saturated carbocycles.